The van der Waals surface area contributed by atoms with E-state index in [4.69, 9.17) is 16.7 Å². The Balaban J connectivity index is 2.09. The molecule has 0 spiro atoms. The largest absolute Gasteiger partial charge is 0.478 e. The zero-order chi connectivity index (χ0) is 15.5. The number of carboxylic acid groups (broad SMARTS) is 1. The number of hydrogen-bond acceptors (Lipinski definition) is 3. The third-order valence-electron chi connectivity index (χ3n) is 3.21. The molecule has 0 heterocycles. The van der Waals surface area contributed by atoms with Gasteiger partial charge in [-0.2, -0.15) is 0 Å². The highest BCUT2D eigenvalue weighted by Gasteiger charge is 2.23. The van der Waals surface area contributed by atoms with Gasteiger partial charge in [-0.05, 0) is 36.1 Å². The molecule has 5 nitrogen and oxygen atoms in total. The Bertz CT molecular complexity index is 666. The van der Waals surface area contributed by atoms with Crippen LogP contribution in [0.15, 0.2) is 29.2 Å². The van der Waals surface area contributed by atoms with Crippen LogP contribution in [0.3, 0.4) is 0 Å². The maximum Gasteiger partial charge on any atom is 0.328 e. The quantitative estimate of drug-likeness (QED) is 0.753. The Hall–Kier alpha value is -1.37. The van der Waals surface area contributed by atoms with E-state index in [1.54, 1.807) is 0 Å². The van der Waals surface area contributed by atoms with Crippen molar-refractivity contribution in [1.29, 1.82) is 0 Å². The summed E-state index contributed by atoms with van der Waals surface area (Å²) in [5.41, 5.74) is 0.527. The van der Waals surface area contributed by atoms with Crippen molar-refractivity contribution in [2.24, 2.45) is 5.92 Å². The Morgan fingerprint density at radius 3 is 2.71 bits per heavy atom. The maximum absolute atomic E-state index is 12.1. The molecule has 1 aromatic rings. The summed E-state index contributed by atoms with van der Waals surface area (Å²) in [6, 6.07) is 4.32. The molecule has 0 atom stereocenters. The lowest BCUT2D eigenvalue weighted by Gasteiger charge is -2.08. The number of hydrogen-bond donors (Lipinski definition) is 2. The summed E-state index contributed by atoms with van der Waals surface area (Å²) in [4.78, 5) is 10.4. The monoisotopic (exact) mass is 329 g/mol. The fraction of sp³-hybridized carbons (Fsp3) is 0.357. The van der Waals surface area contributed by atoms with Crippen molar-refractivity contribution in [2.75, 3.05) is 6.54 Å². The standard InChI is InChI=1S/C14H16ClNO4S/c15-12-9-11(4-6-14(17)18)3-5-13(12)21(19,20)16-8-7-10-1-2-10/h3-6,9-10,16H,1-2,7-8H2,(H,17,18). The second-order valence-corrected chi connectivity index (χ2v) is 7.13. The summed E-state index contributed by atoms with van der Waals surface area (Å²) < 4.78 is 26.8. The van der Waals surface area contributed by atoms with Gasteiger partial charge in [0.1, 0.15) is 4.90 Å². The highest BCUT2D eigenvalue weighted by molar-refractivity contribution is 7.89. The molecule has 0 bridgehead atoms. The van der Waals surface area contributed by atoms with Crippen LogP contribution in [0.25, 0.3) is 6.08 Å². The van der Waals surface area contributed by atoms with Crippen LogP contribution in [0, 0.1) is 5.92 Å². The van der Waals surface area contributed by atoms with E-state index >= 15 is 0 Å². The Morgan fingerprint density at radius 1 is 1.43 bits per heavy atom. The minimum atomic E-state index is -3.63. The van der Waals surface area contributed by atoms with Crippen LogP contribution in [-0.2, 0) is 14.8 Å². The third kappa shape index (κ3) is 4.84. The first kappa shape index (κ1) is 16.0. The summed E-state index contributed by atoms with van der Waals surface area (Å²) in [5.74, 6) is -0.434. The van der Waals surface area contributed by atoms with Gasteiger partial charge in [-0.25, -0.2) is 17.9 Å². The van der Waals surface area contributed by atoms with Crippen LogP contribution in [-0.4, -0.2) is 26.0 Å². The minimum Gasteiger partial charge on any atom is -0.478 e. The molecule has 0 saturated heterocycles. The summed E-state index contributed by atoms with van der Waals surface area (Å²) in [6.07, 6.45) is 5.51. The van der Waals surface area contributed by atoms with Crippen molar-refractivity contribution in [3.05, 3.63) is 34.9 Å². The van der Waals surface area contributed by atoms with Gasteiger partial charge in [-0.1, -0.05) is 30.5 Å². The average Bonchev–Trinajstić information content (AvgIpc) is 3.20. The number of halogens is 1. The van der Waals surface area contributed by atoms with Gasteiger partial charge in [-0.15, -0.1) is 0 Å². The van der Waals surface area contributed by atoms with Crippen molar-refractivity contribution in [2.45, 2.75) is 24.2 Å². The van der Waals surface area contributed by atoms with Crippen LogP contribution in [0.2, 0.25) is 5.02 Å². The van der Waals surface area contributed by atoms with Crippen molar-refractivity contribution in [3.8, 4) is 0 Å². The zero-order valence-electron chi connectivity index (χ0n) is 11.3. The zero-order valence-corrected chi connectivity index (χ0v) is 12.8. The number of benzene rings is 1. The van der Waals surface area contributed by atoms with Gasteiger partial charge < -0.3 is 5.11 Å². The van der Waals surface area contributed by atoms with Crippen LogP contribution >= 0.6 is 11.6 Å². The second kappa shape index (κ2) is 6.60. The molecule has 0 amide bonds. The molecule has 0 aromatic heterocycles. The third-order valence-corrected chi connectivity index (χ3v) is 5.15. The van der Waals surface area contributed by atoms with Crippen LogP contribution in [0.4, 0.5) is 0 Å². The van der Waals surface area contributed by atoms with E-state index in [1.807, 2.05) is 0 Å². The van der Waals surface area contributed by atoms with Gasteiger partial charge in [-0.3, -0.25) is 0 Å². The smallest absolute Gasteiger partial charge is 0.328 e. The highest BCUT2D eigenvalue weighted by atomic mass is 35.5. The molecule has 1 fully saturated rings. The van der Waals surface area contributed by atoms with Crippen LogP contribution < -0.4 is 4.72 Å². The molecule has 0 aliphatic heterocycles. The van der Waals surface area contributed by atoms with Crippen molar-refractivity contribution in [1.82, 2.24) is 4.72 Å². The normalized spacial score (nSPS) is 15.5. The molecule has 1 aliphatic carbocycles. The highest BCUT2D eigenvalue weighted by Crippen LogP contribution is 2.32. The molecule has 0 radical (unpaired) electrons. The van der Waals surface area contributed by atoms with Crippen molar-refractivity contribution < 1.29 is 18.3 Å². The van der Waals surface area contributed by atoms with Gasteiger partial charge in [0, 0.05) is 12.6 Å². The molecule has 2 rings (SSSR count). The predicted octanol–water partition coefficient (Wildman–Crippen LogP) is 2.52. The number of nitrogens with one attached hydrogen (secondary N) is 1. The first-order chi connectivity index (χ1) is 9.88. The molecule has 7 heteroatoms. The summed E-state index contributed by atoms with van der Waals surface area (Å²) in [7, 11) is -3.63. The number of aliphatic carboxylic acids is 1. The Kier molecular flexibility index (Phi) is 5.03. The second-order valence-electron chi connectivity index (χ2n) is 4.99. The number of sulfonamides is 1. The van der Waals surface area contributed by atoms with Gasteiger partial charge in [0.15, 0.2) is 0 Å². The summed E-state index contributed by atoms with van der Waals surface area (Å²) in [5, 5.41) is 8.62. The molecule has 1 aromatic carbocycles. The molecule has 1 aliphatic rings. The summed E-state index contributed by atoms with van der Waals surface area (Å²) >= 11 is 5.98. The lowest BCUT2D eigenvalue weighted by molar-refractivity contribution is -0.131. The van der Waals surface area contributed by atoms with E-state index < -0.39 is 16.0 Å². The molecule has 21 heavy (non-hydrogen) atoms. The van der Waals surface area contributed by atoms with E-state index in [9.17, 15) is 13.2 Å². The molecule has 114 valence electrons. The summed E-state index contributed by atoms with van der Waals surface area (Å²) in [6.45, 7) is 0.407. The minimum absolute atomic E-state index is 0.00689. The van der Waals surface area contributed by atoms with Crippen molar-refractivity contribution in [3.63, 3.8) is 0 Å². The number of rotatable bonds is 7. The Morgan fingerprint density at radius 2 is 2.14 bits per heavy atom. The molecular weight excluding hydrogens is 314 g/mol. The first-order valence-electron chi connectivity index (χ1n) is 6.59. The number of carbonyl (C=O) groups is 1. The maximum atomic E-state index is 12.1. The molecule has 2 N–H and O–H groups in total. The van der Waals surface area contributed by atoms with Gasteiger partial charge in [0.25, 0.3) is 0 Å². The molecule has 1 saturated carbocycles. The first-order valence-corrected chi connectivity index (χ1v) is 8.45. The molecular formula is C14H16ClNO4S. The lowest BCUT2D eigenvalue weighted by atomic mass is 10.2. The van der Waals surface area contributed by atoms with Gasteiger partial charge in [0.2, 0.25) is 10.0 Å². The van der Waals surface area contributed by atoms with Crippen molar-refractivity contribution >= 4 is 33.7 Å². The van der Waals surface area contributed by atoms with E-state index in [2.05, 4.69) is 4.72 Å². The SMILES string of the molecule is O=C(O)C=Cc1ccc(S(=O)(=O)NCCC2CC2)c(Cl)c1. The fourth-order valence-corrected chi connectivity index (χ4v) is 3.49. The molecule has 0 unspecified atom stereocenters. The fourth-order valence-electron chi connectivity index (χ4n) is 1.89. The van der Waals surface area contributed by atoms with Crippen LogP contribution in [0.1, 0.15) is 24.8 Å². The number of carboxylic acids is 1. The van der Waals surface area contributed by atoms with Crippen LogP contribution in [0.5, 0.6) is 0 Å². The topological polar surface area (TPSA) is 83.5 Å². The Labute approximate surface area is 128 Å². The lowest BCUT2D eigenvalue weighted by Crippen LogP contribution is -2.25. The van der Waals surface area contributed by atoms with E-state index in [0.717, 1.165) is 12.5 Å². The van der Waals surface area contributed by atoms with Gasteiger partial charge >= 0.3 is 5.97 Å². The van der Waals surface area contributed by atoms with E-state index in [0.29, 0.717) is 18.0 Å². The predicted molar refractivity (Wildman–Crippen MR) is 80.7 cm³/mol. The average molecular weight is 330 g/mol. The van der Waals surface area contributed by atoms with Gasteiger partial charge in [0.05, 0.1) is 5.02 Å². The van der Waals surface area contributed by atoms with E-state index in [-0.39, 0.29) is 9.92 Å². The van der Waals surface area contributed by atoms with E-state index in [1.165, 1.54) is 37.1 Å².